The van der Waals surface area contributed by atoms with Gasteiger partial charge in [-0.1, -0.05) is 24.3 Å². The number of hydrogen-bond acceptors (Lipinski definition) is 6. The normalized spacial score (nSPS) is 19.0. The van der Waals surface area contributed by atoms with E-state index in [0.717, 1.165) is 22.4 Å². The number of oxazole rings is 1. The Morgan fingerprint density at radius 2 is 1.93 bits per heavy atom. The first-order valence-corrected chi connectivity index (χ1v) is 10.8. The summed E-state index contributed by atoms with van der Waals surface area (Å²) in [7, 11) is -1.34. The highest BCUT2D eigenvalue weighted by atomic mass is 32.2. The Balaban J connectivity index is 1.58. The number of benzene rings is 2. The molecule has 0 unspecified atom stereocenters. The molecule has 0 bridgehead atoms. The molecule has 27 heavy (non-hydrogen) atoms. The molecule has 1 saturated heterocycles. The van der Waals surface area contributed by atoms with E-state index >= 15 is 0 Å². The minimum absolute atomic E-state index is 0.0351. The van der Waals surface area contributed by atoms with Crippen LogP contribution in [0.3, 0.4) is 0 Å². The molecule has 1 aliphatic rings. The van der Waals surface area contributed by atoms with Crippen LogP contribution < -0.4 is 4.74 Å². The maximum Gasteiger partial charge on any atom is 0.209 e. The summed E-state index contributed by atoms with van der Waals surface area (Å²) < 4.78 is 35.1. The molecule has 1 atom stereocenters. The van der Waals surface area contributed by atoms with E-state index in [1.165, 1.54) is 0 Å². The third-order valence-corrected chi connectivity index (χ3v) is 6.70. The molecule has 7 heteroatoms. The fourth-order valence-electron chi connectivity index (χ4n) is 3.50. The zero-order valence-electron chi connectivity index (χ0n) is 15.2. The number of fused-ring (bicyclic) bond motifs is 1. The second-order valence-corrected chi connectivity index (χ2v) is 9.11. The highest BCUT2D eigenvalue weighted by Gasteiger charge is 2.33. The Kier molecular flexibility index (Phi) is 4.88. The Hall–Kier alpha value is -2.38. The van der Waals surface area contributed by atoms with E-state index in [1.807, 2.05) is 48.5 Å². The summed E-state index contributed by atoms with van der Waals surface area (Å²) in [6, 6.07) is 15.4. The van der Waals surface area contributed by atoms with Crippen LogP contribution in [0.5, 0.6) is 5.75 Å². The molecule has 3 aromatic rings. The van der Waals surface area contributed by atoms with Crippen LogP contribution in [-0.2, 0) is 22.9 Å². The lowest BCUT2D eigenvalue weighted by atomic mass is 10.1. The van der Waals surface area contributed by atoms with Crippen molar-refractivity contribution in [3.8, 4) is 5.75 Å². The summed E-state index contributed by atoms with van der Waals surface area (Å²) in [5.74, 6) is 1.83. The third kappa shape index (κ3) is 4.14. The van der Waals surface area contributed by atoms with Gasteiger partial charge in [0.1, 0.15) is 11.3 Å². The van der Waals surface area contributed by atoms with Gasteiger partial charge in [-0.05, 0) is 36.2 Å². The SMILES string of the molecule is COc1ccc(CN(Cc2nc3ccccc3o2)[C@@H]2CCS(=O)(=O)C2)cc1. The van der Waals surface area contributed by atoms with Gasteiger partial charge in [-0.25, -0.2) is 13.4 Å². The molecule has 0 aliphatic carbocycles. The van der Waals surface area contributed by atoms with Crippen molar-refractivity contribution < 1.29 is 17.6 Å². The molecule has 6 nitrogen and oxygen atoms in total. The van der Waals surface area contributed by atoms with Crippen LogP contribution in [-0.4, -0.2) is 43.0 Å². The lowest BCUT2D eigenvalue weighted by Crippen LogP contribution is -2.35. The van der Waals surface area contributed by atoms with Crippen molar-refractivity contribution in [2.45, 2.75) is 25.6 Å². The zero-order chi connectivity index (χ0) is 18.9. The summed E-state index contributed by atoms with van der Waals surface area (Å²) in [4.78, 5) is 6.70. The summed E-state index contributed by atoms with van der Waals surface area (Å²) >= 11 is 0. The minimum Gasteiger partial charge on any atom is -0.497 e. The van der Waals surface area contributed by atoms with E-state index < -0.39 is 9.84 Å². The topological polar surface area (TPSA) is 72.6 Å². The van der Waals surface area contributed by atoms with Crippen molar-refractivity contribution in [3.05, 3.63) is 60.0 Å². The first-order valence-electron chi connectivity index (χ1n) is 8.94. The van der Waals surface area contributed by atoms with Crippen LogP contribution in [0.1, 0.15) is 17.9 Å². The van der Waals surface area contributed by atoms with E-state index in [1.54, 1.807) is 7.11 Å². The van der Waals surface area contributed by atoms with Gasteiger partial charge >= 0.3 is 0 Å². The molecule has 0 N–H and O–H groups in total. The van der Waals surface area contributed by atoms with Crippen molar-refractivity contribution >= 4 is 20.9 Å². The average Bonchev–Trinajstić information content (AvgIpc) is 3.24. The van der Waals surface area contributed by atoms with Crippen molar-refractivity contribution in [1.82, 2.24) is 9.88 Å². The molecule has 0 radical (unpaired) electrons. The van der Waals surface area contributed by atoms with Gasteiger partial charge in [0.15, 0.2) is 15.4 Å². The van der Waals surface area contributed by atoms with Crippen LogP contribution in [0.15, 0.2) is 52.9 Å². The fraction of sp³-hybridized carbons (Fsp3) is 0.350. The van der Waals surface area contributed by atoms with Gasteiger partial charge in [0, 0.05) is 12.6 Å². The summed E-state index contributed by atoms with van der Waals surface area (Å²) in [6.07, 6.45) is 0.638. The zero-order valence-corrected chi connectivity index (χ0v) is 16.0. The highest BCUT2D eigenvalue weighted by Crippen LogP contribution is 2.24. The molecule has 1 fully saturated rings. The first kappa shape index (κ1) is 18.0. The van der Waals surface area contributed by atoms with Crippen molar-refractivity contribution in [1.29, 1.82) is 0 Å². The Morgan fingerprint density at radius 3 is 2.59 bits per heavy atom. The minimum atomic E-state index is -2.97. The maximum atomic E-state index is 12.0. The lowest BCUT2D eigenvalue weighted by molar-refractivity contribution is 0.177. The molecule has 4 rings (SSSR count). The molecule has 1 aromatic heterocycles. The molecule has 142 valence electrons. The summed E-state index contributed by atoms with van der Waals surface area (Å²) in [6.45, 7) is 1.10. The number of nitrogens with zero attached hydrogens (tertiary/aromatic N) is 2. The maximum absolute atomic E-state index is 12.0. The molecular weight excluding hydrogens is 364 g/mol. The average molecular weight is 386 g/mol. The molecule has 0 spiro atoms. The van der Waals surface area contributed by atoms with Crippen LogP contribution in [0.4, 0.5) is 0 Å². The van der Waals surface area contributed by atoms with Gasteiger partial charge < -0.3 is 9.15 Å². The Bertz CT molecular complexity index is 995. The smallest absolute Gasteiger partial charge is 0.209 e. The molecule has 0 amide bonds. The van der Waals surface area contributed by atoms with Gasteiger partial charge in [0.05, 0.1) is 25.2 Å². The number of methoxy groups -OCH3 is 1. The van der Waals surface area contributed by atoms with Crippen LogP contribution in [0.25, 0.3) is 11.1 Å². The number of hydrogen-bond donors (Lipinski definition) is 0. The van der Waals surface area contributed by atoms with E-state index in [9.17, 15) is 8.42 Å². The van der Waals surface area contributed by atoms with E-state index in [-0.39, 0.29) is 17.5 Å². The highest BCUT2D eigenvalue weighted by molar-refractivity contribution is 7.91. The molecule has 2 aromatic carbocycles. The quantitative estimate of drug-likeness (QED) is 0.648. The van der Waals surface area contributed by atoms with Gasteiger partial charge in [0.2, 0.25) is 5.89 Å². The van der Waals surface area contributed by atoms with Crippen LogP contribution in [0, 0.1) is 0 Å². The molecule has 2 heterocycles. The van der Waals surface area contributed by atoms with Gasteiger partial charge in [-0.3, -0.25) is 4.90 Å². The van der Waals surface area contributed by atoms with Crippen LogP contribution >= 0.6 is 0 Å². The Labute approximate surface area is 158 Å². The lowest BCUT2D eigenvalue weighted by Gasteiger charge is -2.26. The van der Waals surface area contributed by atoms with E-state index in [2.05, 4.69) is 9.88 Å². The van der Waals surface area contributed by atoms with Gasteiger partial charge in [-0.2, -0.15) is 0 Å². The fourth-order valence-corrected chi connectivity index (χ4v) is 5.27. The monoisotopic (exact) mass is 386 g/mol. The summed E-state index contributed by atoms with van der Waals surface area (Å²) in [5, 5.41) is 0. The van der Waals surface area contributed by atoms with Crippen LogP contribution in [0.2, 0.25) is 0 Å². The number of sulfone groups is 1. The summed E-state index contributed by atoms with van der Waals surface area (Å²) in [5.41, 5.74) is 2.66. The standard InChI is InChI=1S/C20H22N2O4S/c1-25-17-8-6-15(7-9-17)12-22(16-10-11-27(23,24)14-16)13-20-21-18-4-2-3-5-19(18)26-20/h2-9,16H,10-14H2,1H3/t16-/m1/s1. The van der Waals surface area contributed by atoms with E-state index in [4.69, 9.17) is 9.15 Å². The molecule has 0 saturated carbocycles. The second kappa shape index (κ2) is 7.32. The number of ether oxygens (including phenoxy) is 1. The third-order valence-electron chi connectivity index (χ3n) is 4.95. The predicted molar refractivity (Wildman–Crippen MR) is 103 cm³/mol. The number of para-hydroxylation sites is 2. The van der Waals surface area contributed by atoms with E-state index in [0.29, 0.717) is 25.4 Å². The Morgan fingerprint density at radius 1 is 1.15 bits per heavy atom. The number of aromatic nitrogens is 1. The largest absolute Gasteiger partial charge is 0.497 e. The van der Waals surface area contributed by atoms with Crippen molar-refractivity contribution in [2.24, 2.45) is 0 Å². The van der Waals surface area contributed by atoms with Crippen molar-refractivity contribution in [3.63, 3.8) is 0 Å². The first-order chi connectivity index (χ1) is 13.0. The molecular formula is C20H22N2O4S. The van der Waals surface area contributed by atoms with Gasteiger partial charge in [-0.15, -0.1) is 0 Å². The molecule has 1 aliphatic heterocycles. The van der Waals surface area contributed by atoms with Crippen molar-refractivity contribution in [2.75, 3.05) is 18.6 Å². The van der Waals surface area contributed by atoms with Gasteiger partial charge in [0.25, 0.3) is 0 Å². The second-order valence-electron chi connectivity index (χ2n) is 6.89. The predicted octanol–water partition coefficient (Wildman–Crippen LogP) is 3.03. The number of rotatable bonds is 6.